The summed E-state index contributed by atoms with van der Waals surface area (Å²) in [5, 5.41) is 0. The third-order valence-electron chi connectivity index (χ3n) is 3.99. The minimum Gasteiger partial charge on any atom is -0.756 e. The summed E-state index contributed by atoms with van der Waals surface area (Å²) in [5.74, 6) is 0. The topological polar surface area (TPSA) is 117 Å². The molecule has 184 valence electrons. The van der Waals surface area contributed by atoms with E-state index in [9.17, 15) is 18.9 Å². The van der Waals surface area contributed by atoms with E-state index in [4.69, 9.17) is 0 Å². The first-order valence-corrected chi connectivity index (χ1v) is 14.4. The summed E-state index contributed by atoms with van der Waals surface area (Å²) in [6, 6.07) is 0. The molecule has 0 aromatic rings. The average Bonchev–Trinajstić information content (AvgIpc) is 2.70. The molecule has 0 aromatic carbocycles. The molecule has 0 aromatic heterocycles. The van der Waals surface area contributed by atoms with E-state index in [2.05, 4.69) is 45.8 Å². The van der Waals surface area contributed by atoms with Crippen molar-refractivity contribution in [1.29, 1.82) is 0 Å². The van der Waals surface area contributed by atoms with Crippen molar-refractivity contribution in [1.82, 2.24) is 0 Å². The largest absolute Gasteiger partial charge is 2.00 e. The minimum absolute atomic E-state index is 0. The van der Waals surface area contributed by atoms with Crippen molar-refractivity contribution >= 4 is 53.4 Å². The zero-order chi connectivity index (χ0) is 23.1. The molecule has 0 heterocycles. The van der Waals surface area contributed by atoms with E-state index in [0.29, 0.717) is 0 Å². The molecule has 0 atom stereocenters. The summed E-state index contributed by atoms with van der Waals surface area (Å²) in [6.45, 7) is 9.17. The van der Waals surface area contributed by atoms with Gasteiger partial charge in [-0.3, -0.25) is 9.13 Å². The molecule has 0 aliphatic rings. The number of hydrogen-bond donors (Lipinski definition) is 0. The van der Waals surface area contributed by atoms with E-state index in [1.54, 1.807) is 0 Å². The predicted molar refractivity (Wildman–Crippen MR) is 123 cm³/mol. The number of unbranched alkanes of at least 4 members (excludes halogenated alkanes) is 8. The Morgan fingerprint density at radius 1 is 0.484 bits per heavy atom. The molecule has 0 fully saturated rings. The van der Waals surface area contributed by atoms with Crippen LogP contribution in [0.15, 0.2) is 0 Å². The van der Waals surface area contributed by atoms with Crippen LogP contribution in [0.25, 0.3) is 0 Å². The second kappa shape index (κ2) is 26.1. The first-order valence-electron chi connectivity index (χ1n) is 11.4. The van der Waals surface area contributed by atoms with Gasteiger partial charge in [-0.15, -0.1) is 0 Å². The van der Waals surface area contributed by atoms with Gasteiger partial charge in [-0.25, -0.2) is 0 Å². The molecule has 0 unspecified atom stereocenters. The molecule has 0 saturated carbocycles. The molecule has 0 amide bonds. The summed E-state index contributed by atoms with van der Waals surface area (Å²) < 4.78 is 41.0. The monoisotopic (exact) mass is 514 g/mol. The smallest absolute Gasteiger partial charge is 0.756 e. The van der Waals surface area contributed by atoms with Crippen molar-refractivity contribution in [2.45, 2.75) is 105 Å². The van der Waals surface area contributed by atoms with Crippen LogP contribution < -0.4 is 9.79 Å². The van der Waals surface area contributed by atoms with Gasteiger partial charge in [0.05, 0.1) is 26.4 Å². The minimum atomic E-state index is -4.02. The fourth-order valence-corrected chi connectivity index (χ4v) is 3.75. The van der Waals surface area contributed by atoms with Gasteiger partial charge in [-0.05, 0) is 25.7 Å². The Morgan fingerprint density at radius 3 is 0.839 bits per heavy atom. The number of phosphoric ester groups is 2. The molecule has 0 aliphatic heterocycles. The van der Waals surface area contributed by atoms with Gasteiger partial charge in [-0.1, -0.05) is 79.1 Å². The summed E-state index contributed by atoms with van der Waals surface area (Å²) in [7, 11) is -8.05. The van der Waals surface area contributed by atoms with Crippen molar-refractivity contribution in [3.05, 3.63) is 0 Å². The molecule has 0 aliphatic carbocycles. The van der Waals surface area contributed by atoms with Crippen LogP contribution in [-0.4, -0.2) is 64.2 Å². The molecular formula is C20H44CaO8P2. The summed E-state index contributed by atoms with van der Waals surface area (Å²) >= 11 is 0. The standard InChI is InChI=1S/2C10H23O4P.Ca/c2*1-3-5-7-9-13-15(11,12)14-10-8-6-4-2;/h2*3-10H2,1-2H3,(H,11,12);/q;;+2/p-2. The Balaban J connectivity index is -0.000000490. The normalized spacial score (nSPS) is 11.5. The third kappa shape index (κ3) is 31.5. The first-order chi connectivity index (χ1) is 14.2. The van der Waals surface area contributed by atoms with E-state index >= 15 is 0 Å². The second-order valence-electron chi connectivity index (χ2n) is 7.06. The van der Waals surface area contributed by atoms with Gasteiger partial charge < -0.3 is 27.9 Å². The Hall–Kier alpha value is 1.48. The van der Waals surface area contributed by atoms with E-state index in [-0.39, 0.29) is 64.2 Å². The van der Waals surface area contributed by atoms with E-state index < -0.39 is 15.6 Å². The van der Waals surface area contributed by atoms with Gasteiger partial charge in [0, 0.05) is 0 Å². The van der Waals surface area contributed by atoms with Gasteiger partial charge in [0.2, 0.25) is 0 Å². The van der Waals surface area contributed by atoms with Crippen LogP contribution in [0.3, 0.4) is 0 Å². The van der Waals surface area contributed by atoms with Crippen molar-refractivity contribution in [3.63, 3.8) is 0 Å². The average molecular weight is 515 g/mol. The number of hydrogen-bond acceptors (Lipinski definition) is 8. The molecule has 0 spiro atoms. The van der Waals surface area contributed by atoms with E-state index in [0.717, 1.165) is 77.0 Å². The quantitative estimate of drug-likeness (QED) is 0.121. The molecular weight excluding hydrogens is 470 g/mol. The summed E-state index contributed by atoms with van der Waals surface area (Å²) in [5.41, 5.74) is 0. The van der Waals surface area contributed by atoms with Crippen LogP contribution in [0.2, 0.25) is 0 Å². The van der Waals surface area contributed by atoms with Crippen LogP contribution in [0.4, 0.5) is 0 Å². The molecule has 8 nitrogen and oxygen atoms in total. The Morgan fingerprint density at radius 2 is 0.677 bits per heavy atom. The van der Waals surface area contributed by atoms with Crippen LogP contribution in [0.5, 0.6) is 0 Å². The van der Waals surface area contributed by atoms with Gasteiger partial charge in [-0.2, -0.15) is 0 Å². The molecule has 11 heteroatoms. The zero-order valence-corrected chi connectivity index (χ0v) is 24.2. The second-order valence-corrected chi connectivity index (χ2v) is 9.88. The molecule has 0 bridgehead atoms. The molecule has 0 rings (SSSR count). The fraction of sp³-hybridized carbons (Fsp3) is 1.00. The van der Waals surface area contributed by atoms with E-state index in [1.165, 1.54) is 0 Å². The Kier molecular flexibility index (Phi) is 31.2. The van der Waals surface area contributed by atoms with Crippen molar-refractivity contribution in [3.8, 4) is 0 Å². The SMILES string of the molecule is CCCCCOP(=O)([O-])OCCCCC.CCCCCOP(=O)([O-])OCCCCC.[Ca+2]. The van der Waals surface area contributed by atoms with Gasteiger partial charge in [0.1, 0.15) is 0 Å². The number of phosphoric acid groups is 2. The molecule has 0 N–H and O–H groups in total. The van der Waals surface area contributed by atoms with Crippen LogP contribution in [0.1, 0.15) is 105 Å². The Labute approximate surface area is 220 Å². The zero-order valence-electron chi connectivity index (χ0n) is 20.2. The van der Waals surface area contributed by atoms with E-state index in [1.807, 2.05) is 0 Å². The molecule has 0 saturated heterocycles. The maximum Gasteiger partial charge on any atom is 2.00 e. The summed E-state index contributed by atoms with van der Waals surface area (Å²) in [4.78, 5) is 22.3. The fourth-order valence-electron chi connectivity index (χ4n) is 2.19. The maximum atomic E-state index is 11.1. The van der Waals surface area contributed by atoms with Crippen molar-refractivity contribution in [2.24, 2.45) is 0 Å². The molecule has 31 heavy (non-hydrogen) atoms. The van der Waals surface area contributed by atoms with Crippen LogP contribution in [0, 0.1) is 0 Å². The van der Waals surface area contributed by atoms with Crippen LogP contribution >= 0.6 is 15.6 Å². The van der Waals surface area contributed by atoms with Gasteiger partial charge >= 0.3 is 37.7 Å². The molecule has 0 radical (unpaired) electrons. The van der Waals surface area contributed by atoms with Crippen molar-refractivity contribution in [2.75, 3.05) is 26.4 Å². The van der Waals surface area contributed by atoms with Gasteiger partial charge in [0.15, 0.2) is 0 Å². The van der Waals surface area contributed by atoms with Crippen molar-refractivity contribution < 1.29 is 37.0 Å². The number of rotatable bonds is 20. The van der Waals surface area contributed by atoms with Crippen LogP contribution in [-0.2, 0) is 27.2 Å². The predicted octanol–water partition coefficient (Wildman–Crippen LogP) is 5.36. The Bertz CT molecular complexity index is 383. The first kappa shape index (κ1) is 37.0. The third-order valence-corrected chi connectivity index (χ3v) is 5.98. The maximum absolute atomic E-state index is 11.1. The van der Waals surface area contributed by atoms with Gasteiger partial charge in [0.25, 0.3) is 15.6 Å². The summed E-state index contributed by atoms with van der Waals surface area (Å²) in [6.07, 6.45) is 11.2.